The zero-order valence-electron chi connectivity index (χ0n) is 13.7. The van der Waals surface area contributed by atoms with Crippen LogP contribution < -0.4 is 4.74 Å². The van der Waals surface area contributed by atoms with Gasteiger partial charge < -0.3 is 9.84 Å². The SMILES string of the molecule is Cc1ncc(-c2cc(OCCC(C)(C)O)cc(C(F)(F)F)c2)cn1. The van der Waals surface area contributed by atoms with Crippen LogP contribution >= 0.6 is 0 Å². The third-order valence-corrected chi connectivity index (χ3v) is 3.33. The van der Waals surface area contributed by atoms with Crippen LogP contribution in [0.1, 0.15) is 31.7 Å². The van der Waals surface area contributed by atoms with E-state index in [1.165, 1.54) is 18.5 Å². The molecule has 1 heterocycles. The third-order valence-electron chi connectivity index (χ3n) is 3.33. The molecule has 0 aliphatic carbocycles. The van der Waals surface area contributed by atoms with E-state index in [1.54, 1.807) is 20.8 Å². The minimum atomic E-state index is -4.49. The molecule has 0 bridgehead atoms. The third kappa shape index (κ3) is 5.19. The highest BCUT2D eigenvalue weighted by molar-refractivity contribution is 5.65. The van der Waals surface area contributed by atoms with Crippen molar-refractivity contribution < 1.29 is 23.0 Å². The summed E-state index contributed by atoms with van der Waals surface area (Å²) in [5.41, 5.74) is -0.962. The number of nitrogens with zero attached hydrogens (tertiary/aromatic N) is 2. The van der Waals surface area contributed by atoms with E-state index >= 15 is 0 Å². The van der Waals surface area contributed by atoms with Crippen molar-refractivity contribution >= 4 is 0 Å². The second-order valence-corrected chi connectivity index (χ2v) is 6.17. The largest absolute Gasteiger partial charge is 0.493 e. The molecule has 0 radical (unpaired) electrons. The van der Waals surface area contributed by atoms with Crippen molar-refractivity contribution in [1.29, 1.82) is 0 Å². The first-order valence-corrected chi connectivity index (χ1v) is 7.41. The summed E-state index contributed by atoms with van der Waals surface area (Å²) in [5.74, 6) is 0.622. The number of halogens is 3. The fourth-order valence-electron chi connectivity index (χ4n) is 1.97. The summed E-state index contributed by atoms with van der Waals surface area (Å²) in [6.07, 6.45) is -1.25. The van der Waals surface area contributed by atoms with Gasteiger partial charge in [0.15, 0.2) is 0 Å². The Balaban J connectivity index is 2.33. The highest BCUT2D eigenvalue weighted by Gasteiger charge is 2.31. The Bertz CT molecular complexity index is 692. The van der Waals surface area contributed by atoms with Gasteiger partial charge in [0, 0.05) is 24.4 Å². The van der Waals surface area contributed by atoms with Crippen LogP contribution in [-0.2, 0) is 6.18 Å². The molecule has 2 aromatic rings. The first-order valence-electron chi connectivity index (χ1n) is 7.41. The molecule has 0 saturated heterocycles. The monoisotopic (exact) mass is 340 g/mol. The lowest BCUT2D eigenvalue weighted by Gasteiger charge is -2.18. The predicted octanol–water partition coefficient (Wildman–Crippen LogP) is 4.01. The summed E-state index contributed by atoms with van der Waals surface area (Å²) >= 11 is 0. The van der Waals surface area contributed by atoms with Crippen molar-refractivity contribution in [1.82, 2.24) is 9.97 Å². The number of aryl methyl sites for hydroxylation is 1. The van der Waals surface area contributed by atoms with Crippen molar-refractivity contribution in [2.75, 3.05) is 6.61 Å². The summed E-state index contributed by atoms with van der Waals surface area (Å²) in [4.78, 5) is 8.01. The van der Waals surface area contributed by atoms with Crippen LogP contribution in [0, 0.1) is 6.92 Å². The van der Waals surface area contributed by atoms with Gasteiger partial charge >= 0.3 is 6.18 Å². The van der Waals surface area contributed by atoms with Crippen LogP contribution in [0.2, 0.25) is 0 Å². The minimum absolute atomic E-state index is 0.0876. The van der Waals surface area contributed by atoms with E-state index < -0.39 is 17.3 Å². The maximum Gasteiger partial charge on any atom is 0.416 e. The van der Waals surface area contributed by atoms with Gasteiger partial charge in [-0.2, -0.15) is 13.2 Å². The fourth-order valence-corrected chi connectivity index (χ4v) is 1.97. The van der Waals surface area contributed by atoms with E-state index in [2.05, 4.69) is 9.97 Å². The first kappa shape index (κ1) is 18.2. The van der Waals surface area contributed by atoms with Gasteiger partial charge in [0.05, 0.1) is 17.8 Å². The van der Waals surface area contributed by atoms with Crippen molar-refractivity contribution in [3.05, 3.63) is 42.0 Å². The Morgan fingerprint density at radius 2 is 1.67 bits per heavy atom. The molecule has 1 aromatic heterocycles. The van der Waals surface area contributed by atoms with Crippen LogP contribution in [0.25, 0.3) is 11.1 Å². The Morgan fingerprint density at radius 3 is 2.21 bits per heavy atom. The number of hydrogen-bond donors (Lipinski definition) is 1. The summed E-state index contributed by atoms with van der Waals surface area (Å²) in [6, 6.07) is 3.49. The summed E-state index contributed by atoms with van der Waals surface area (Å²) < 4.78 is 44.7. The van der Waals surface area contributed by atoms with Crippen molar-refractivity contribution in [2.24, 2.45) is 0 Å². The lowest BCUT2D eigenvalue weighted by atomic mass is 10.0. The Hall–Kier alpha value is -2.15. The van der Waals surface area contributed by atoms with Gasteiger partial charge in [-0.1, -0.05) is 0 Å². The molecule has 7 heteroatoms. The standard InChI is InChI=1S/C17H19F3N2O2/c1-11-21-9-13(10-22-11)12-6-14(17(18,19)20)8-15(7-12)24-5-4-16(2,3)23/h6-10,23H,4-5H2,1-3H3. The molecule has 2 rings (SSSR count). The maximum atomic E-state index is 13.1. The van der Waals surface area contributed by atoms with E-state index in [1.807, 2.05) is 0 Å². The smallest absolute Gasteiger partial charge is 0.416 e. The van der Waals surface area contributed by atoms with E-state index in [0.29, 0.717) is 23.4 Å². The molecular formula is C17H19F3N2O2. The molecule has 0 atom stereocenters. The molecule has 0 unspecified atom stereocenters. The number of ether oxygens (including phenoxy) is 1. The second kappa shape index (κ2) is 6.76. The van der Waals surface area contributed by atoms with Gasteiger partial charge in [0.25, 0.3) is 0 Å². The summed E-state index contributed by atoms with van der Waals surface area (Å²) in [5, 5.41) is 9.66. The van der Waals surface area contributed by atoms with Gasteiger partial charge in [-0.15, -0.1) is 0 Å². The molecule has 0 amide bonds. The van der Waals surface area contributed by atoms with Crippen molar-refractivity contribution in [2.45, 2.75) is 39.0 Å². The number of benzene rings is 1. The molecule has 0 saturated carbocycles. The average Bonchev–Trinajstić information content (AvgIpc) is 2.45. The van der Waals surface area contributed by atoms with Gasteiger partial charge in [0.1, 0.15) is 11.6 Å². The van der Waals surface area contributed by atoms with Crippen LogP contribution in [0.5, 0.6) is 5.75 Å². The van der Waals surface area contributed by atoms with E-state index in [9.17, 15) is 18.3 Å². The van der Waals surface area contributed by atoms with Crippen LogP contribution in [0.4, 0.5) is 13.2 Å². The number of rotatable bonds is 5. The molecule has 0 fully saturated rings. The fraction of sp³-hybridized carbons (Fsp3) is 0.412. The number of aromatic nitrogens is 2. The van der Waals surface area contributed by atoms with E-state index in [0.717, 1.165) is 12.1 Å². The Labute approximate surface area is 138 Å². The summed E-state index contributed by atoms with van der Waals surface area (Å²) in [6.45, 7) is 5.02. The molecule has 1 aromatic carbocycles. The predicted molar refractivity (Wildman–Crippen MR) is 83.6 cm³/mol. The molecule has 0 aliphatic heterocycles. The van der Waals surface area contributed by atoms with E-state index in [4.69, 9.17) is 4.74 Å². The highest BCUT2D eigenvalue weighted by Crippen LogP contribution is 2.35. The second-order valence-electron chi connectivity index (χ2n) is 6.17. The molecule has 24 heavy (non-hydrogen) atoms. The molecular weight excluding hydrogens is 321 g/mol. The van der Waals surface area contributed by atoms with Gasteiger partial charge in [-0.3, -0.25) is 0 Å². The quantitative estimate of drug-likeness (QED) is 0.893. The zero-order valence-corrected chi connectivity index (χ0v) is 13.7. The van der Waals surface area contributed by atoms with Gasteiger partial charge in [0.2, 0.25) is 0 Å². The molecule has 130 valence electrons. The molecule has 0 aliphatic rings. The van der Waals surface area contributed by atoms with Crippen LogP contribution in [0.3, 0.4) is 0 Å². The highest BCUT2D eigenvalue weighted by atomic mass is 19.4. The van der Waals surface area contributed by atoms with Crippen LogP contribution in [-0.4, -0.2) is 27.3 Å². The van der Waals surface area contributed by atoms with Gasteiger partial charge in [-0.25, -0.2) is 9.97 Å². The van der Waals surface area contributed by atoms with Crippen molar-refractivity contribution in [3.63, 3.8) is 0 Å². The number of alkyl halides is 3. The zero-order chi connectivity index (χ0) is 18.0. The maximum absolute atomic E-state index is 13.1. The molecule has 0 spiro atoms. The normalized spacial score (nSPS) is 12.3. The lowest BCUT2D eigenvalue weighted by molar-refractivity contribution is -0.137. The van der Waals surface area contributed by atoms with E-state index in [-0.39, 0.29) is 12.4 Å². The lowest BCUT2D eigenvalue weighted by Crippen LogP contribution is -2.21. The topological polar surface area (TPSA) is 55.2 Å². The number of hydrogen-bond acceptors (Lipinski definition) is 4. The van der Waals surface area contributed by atoms with Gasteiger partial charge in [-0.05, 0) is 44.5 Å². The molecule has 1 N–H and O–H groups in total. The Morgan fingerprint density at radius 1 is 1.04 bits per heavy atom. The Kier molecular flexibility index (Phi) is 5.13. The summed E-state index contributed by atoms with van der Waals surface area (Å²) in [7, 11) is 0. The number of aliphatic hydroxyl groups is 1. The van der Waals surface area contributed by atoms with Crippen LogP contribution in [0.15, 0.2) is 30.6 Å². The minimum Gasteiger partial charge on any atom is -0.493 e. The first-order chi connectivity index (χ1) is 11.0. The van der Waals surface area contributed by atoms with Crippen molar-refractivity contribution in [3.8, 4) is 16.9 Å². The average molecular weight is 340 g/mol. The molecule has 4 nitrogen and oxygen atoms in total.